The SMILES string of the molecule is CNc1cnccc1C(=O)OC(C)(C)C. The number of hydrogen-bond donors (Lipinski definition) is 1. The van der Waals surface area contributed by atoms with Crippen molar-refractivity contribution in [2.24, 2.45) is 0 Å². The molecule has 0 amide bonds. The van der Waals surface area contributed by atoms with Gasteiger partial charge >= 0.3 is 5.97 Å². The fourth-order valence-corrected chi connectivity index (χ4v) is 1.10. The Morgan fingerprint density at radius 3 is 2.67 bits per heavy atom. The van der Waals surface area contributed by atoms with Crippen molar-refractivity contribution in [2.75, 3.05) is 12.4 Å². The Balaban J connectivity index is 2.91. The standard InChI is InChI=1S/C11H16N2O2/c1-11(2,3)15-10(14)8-5-6-13-7-9(8)12-4/h5-7,12H,1-4H3. The zero-order chi connectivity index (χ0) is 11.5. The first-order valence-corrected chi connectivity index (χ1v) is 4.79. The number of ether oxygens (including phenoxy) is 1. The van der Waals surface area contributed by atoms with E-state index in [2.05, 4.69) is 10.3 Å². The molecule has 0 bridgehead atoms. The molecule has 1 rings (SSSR count). The van der Waals surface area contributed by atoms with E-state index in [1.165, 1.54) is 0 Å². The number of nitrogens with zero attached hydrogens (tertiary/aromatic N) is 1. The molecule has 0 aliphatic rings. The monoisotopic (exact) mass is 208 g/mol. The van der Waals surface area contributed by atoms with E-state index in [-0.39, 0.29) is 5.97 Å². The number of carbonyl (C=O) groups is 1. The molecular formula is C11H16N2O2. The molecule has 1 aromatic heterocycles. The second kappa shape index (κ2) is 4.29. The molecule has 0 spiro atoms. The highest BCUT2D eigenvalue weighted by atomic mass is 16.6. The van der Waals surface area contributed by atoms with Gasteiger partial charge in [-0.2, -0.15) is 0 Å². The van der Waals surface area contributed by atoms with Crippen LogP contribution in [0.2, 0.25) is 0 Å². The van der Waals surface area contributed by atoms with Gasteiger partial charge in [0.05, 0.1) is 17.4 Å². The normalized spacial score (nSPS) is 10.9. The van der Waals surface area contributed by atoms with Crippen LogP contribution < -0.4 is 5.32 Å². The minimum atomic E-state index is -0.481. The molecule has 1 heterocycles. The van der Waals surface area contributed by atoms with E-state index >= 15 is 0 Å². The third-order valence-corrected chi connectivity index (χ3v) is 1.71. The van der Waals surface area contributed by atoms with Crippen molar-refractivity contribution in [3.05, 3.63) is 24.0 Å². The maximum atomic E-state index is 11.8. The molecule has 0 unspecified atom stereocenters. The van der Waals surface area contributed by atoms with Crippen LogP contribution in [0.1, 0.15) is 31.1 Å². The van der Waals surface area contributed by atoms with Crippen molar-refractivity contribution >= 4 is 11.7 Å². The van der Waals surface area contributed by atoms with E-state index in [4.69, 9.17) is 4.74 Å². The van der Waals surface area contributed by atoms with Gasteiger partial charge in [0, 0.05) is 13.2 Å². The molecule has 0 fully saturated rings. The summed E-state index contributed by atoms with van der Waals surface area (Å²) < 4.78 is 5.26. The van der Waals surface area contributed by atoms with Crippen molar-refractivity contribution < 1.29 is 9.53 Å². The van der Waals surface area contributed by atoms with Crippen LogP contribution in [0, 0.1) is 0 Å². The highest BCUT2D eigenvalue weighted by Gasteiger charge is 2.19. The number of rotatable bonds is 2. The molecule has 0 aliphatic heterocycles. The Bertz CT molecular complexity index is 356. The van der Waals surface area contributed by atoms with Gasteiger partial charge in [-0.25, -0.2) is 4.79 Å². The second-order valence-corrected chi connectivity index (χ2v) is 4.17. The van der Waals surface area contributed by atoms with Crippen molar-refractivity contribution in [3.63, 3.8) is 0 Å². The van der Waals surface area contributed by atoms with E-state index < -0.39 is 5.60 Å². The topological polar surface area (TPSA) is 51.2 Å². The Morgan fingerprint density at radius 1 is 1.47 bits per heavy atom. The molecular weight excluding hydrogens is 192 g/mol. The van der Waals surface area contributed by atoms with Crippen LogP contribution in [0.4, 0.5) is 5.69 Å². The highest BCUT2D eigenvalue weighted by molar-refractivity contribution is 5.95. The summed E-state index contributed by atoms with van der Waals surface area (Å²) >= 11 is 0. The average Bonchev–Trinajstić information content (AvgIpc) is 2.15. The Labute approximate surface area is 89.7 Å². The smallest absolute Gasteiger partial charge is 0.340 e. The van der Waals surface area contributed by atoms with Crippen LogP contribution in [-0.4, -0.2) is 23.6 Å². The van der Waals surface area contributed by atoms with Gasteiger partial charge in [0.2, 0.25) is 0 Å². The number of anilines is 1. The maximum Gasteiger partial charge on any atom is 0.340 e. The van der Waals surface area contributed by atoms with Crippen LogP contribution >= 0.6 is 0 Å². The summed E-state index contributed by atoms with van der Waals surface area (Å²) in [5, 5.41) is 2.90. The molecule has 0 saturated heterocycles. The molecule has 0 atom stereocenters. The van der Waals surface area contributed by atoms with Gasteiger partial charge in [-0.05, 0) is 26.8 Å². The first-order chi connectivity index (χ1) is 6.94. The predicted octanol–water partition coefficient (Wildman–Crippen LogP) is 2.08. The van der Waals surface area contributed by atoms with Crippen LogP contribution in [-0.2, 0) is 4.74 Å². The first kappa shape index (κ1) is 11.5. The summed E-state index contributed by atoms with van der Waals surface area (Å²) in [7, 11) is 1.74. The zero-order valence-electron chi connectivity index (χ0n) is 9.50. The minimum absolute atomic E-state index is 0.339. The second-order valence-electron chi connectivity index (χ2n) is 4.17. The fourth-order valence-electron chi connectivity index (χ4n) is 1.10. The lowest BCUT2D eigenvalue weighted by molar-refractivity contribution is 0.00706. The van der Waals surface area contributed by atoms with Gasteiger partial charge in [0.1, 0.15) is 5.60 Å². The number of aromatic nitrogens is 1. The maximum absolute atomic E-state index is 11.8. The van der Waals surface area contributed by atoms with Gasteiger partial charge in [0.25, 0.3) is 0 Å². The molecule has 4 nitrogen and oxygen atoms in total. The Hall–Kier alpha value is -1.58. The number of pyridine rings is 1. The van der Waals surface area contributed by atoms with Gasteiger partial charge < -0.3 is 10.1 Å². The van der Waals surface area contributed by atoms with Crippen LogP contribution in [0.15, 0.2) is 18.5 Å². The molecule has 1 aromatic rings. The quantitative estimate of drug-likeness (QED) is 0.756. The number of carbonyl (C=O) groups excluding carboxylic acids is 1. The molecule has 0 aromatic carbocycles. The van der Waals surface area contributed by atoms with Gasteiger partial charge in [-0.3, -0.25) is 4.98 Å². The first-order valence-electron chi connectivity index (χ1n) is 4.79. The van der Waals surface area contributed by atoms with Crippen molar-refractivity contribution in [1.29, 1.82) is 0 Å². The number of esters is 1. The van der Waals surface area contributed by atoms with E-state index in [0.717, 1.165) is 0 Å². The van der Waals surface area contributed by atoms with Crippen LogP contribution in [0.3, 0.4) is 0 Å². The Kier molecular flexibility index (Phi) is 3.29. The van der Waals surface area contributed by atoms with Crippen LogP contribution in [0.25, 0.3) is 0 Å². The summed E-state index contributed by atoms with van der Waals surface area (Å²) in [6.45, 7) is 5.52. The predicted molar refractivity (Wildman–Crippen MR) is 59.0 cm³/mol. The molecule has 0 radical (unpaired) electrons. The summed E-state index contributed by atoms with van der Waals surface area (Å²) in [6.07, 6.45) is 3.17. The van der Waals surface area contributed by atoms with Gasteiger partial charge in [-0.1, -0.05) is 0 Å². The summed E-state index contributed by atoms with van der Waals surface area (Å²) in [6, 6.07) is 1.64. The van der Waals surface area contributed by atoms with Crippen molar-refractivity contribution in [1.82, 2.24) is 4.98 Å². The largest absolute Gasteiger partial charge is 0.456 e. The minimum Gasteiger partial charge on any atom is -0.456 e. The number of nitrogens with one attached hydrogen (secondary N) is 1. The Morgan fingerprint density at radius 2 is 2.13 bits per heavy atom. The summed E-state index contributed by atoms with van der Waals surface area (Å²) in [5.74, 6) is -0.339. The fraction of sp³-hybridized carbons (Fsp3) is 0.455. The molecule has 1 N–H and O–H groups in total. The average molecular weight is 208 g/mol. The van der Waals surface area contributed by atoms with Crippen LogP contribution in [0.5, 0.6) is 0 Å². The van der Waals surface area contributed by atoms with E-state index in [0.29, 0.717) is 11.3 Å². The van der Waals surface area contributed by atoms with Crippen molar-refractivity contribution in [2.45, 2.75) is 26.4 Å². The lowest BCUT2D eigenvalue weighted by atomic mass is 10.1. The molecule has 4 heteroatoms. The third kappa shape index (κ3) is 3.23. The summed E-state index contributed by atoms with van der Waals surface area (Å²) in [4.78, 5) is 15.7. The molecule has 0 aliphatic carbocycles. The van der Waals surface area contributed by atoms with Crippen molar-refractivity contribution in [3.8, 4) is 0 Å². The highest BCUT2D eigenvalue weighted by Crippen LogP contribution is 2.17. The molecule has 82 valence electrons. The lowest BCUT2D eigenvalue weighted by Crippen LogP contribution is -2.24. The third-order valence-electron chi connectivity index (χ3n) is 1.71. The molecule has 0 saturated carbocycles. The van der Waals surface area contributed by atoms with E-state index in [1.807, 2.05) is 20.8 Å². The zero-order valence-corrected chi connectivity index (χ0v) is 9.50. The van der Waals surface area contributed by atoms with E-state index in [1.54, 1.807) is 25.5 Å². The lowest BCUT2D eigenvalue weighted by Gasteiger charge is -2.20. The summed E-state index contributed by atoms with van der Waals surface area (Å²) in [5.41, 5.74) is 0.694. The van der Waals surface area contributed by atoms with Gasteiger partial charge in [-0.15, -0.1) is 0 Å². The van der Waals surface area contributed by atoms with E-state index in [9.17, 15) is 4.79 Å². The van der Waals surface area contributed by atoms with Gasteiger partial charge in [0.15, 0.2) is 0 Å². The number of hydrogen-bond acceptors (Lipinski definition) is 4. The molecule has 15 heavy (non-hydrogen) atoms.